The van der Waals surface area contributed by atoms with Crippen molar-refractivity contribution in [2.45, 2.75) is 92.9 Å². The highest BCUT2D eigenvalue weighted by Gasteiger charge is 2.39. The van der Waals surface area contributed by atoms with Crippen LogP contribution in [-0.4, -0.2) is 7.38 Å². The topological polar surface area (TPSA) is 0 Å². The number of halogens is 1. The van der Waals surface area contributed by atoms with Crippen molar-refractivity contribution in [3.8, 4) is 0 Å². The van der Waals surface area contributed by atoms with Crippen LogP contribution in [0.2, 0.25) is 0 Å². The highest BCUT2D eigenvalue weighted by atomic mass is 35.6. The lowest BCUT2D eigenvalue weighted by Gasteiger charge is -2.30. The lowest BCUT2D eigenvalue weighted by molar-refractivity contribution is 0.835. The number of aryl methyl sites for hydroxylation is 2. The van der Waals surface area contributed by atoms with Crippen molar-refractivity contribution in [1.29, 1.82) is 0 Å². The Morgan fingerprint density at radius 1 is 0.441 bits per heavy atom. The molecular weight excluding hydrogens is 448 g/mol. The number of hydrogen-bond donors (Lipinski definition) is 0. The minimum Gasteiger partial charge on any atom is -0.149 e. The predicted octanol–water partition coefficient (Wildman–Crippen LogP) is 8.00. The van der Waals surface area contributed by atoms with Crippen LogP contribution in [0.15, 0.2) is 54.6 Å². The Morgan fingerprint density at radius 3 is 0.971 bits per heavy atom. The van der Waals surface area contributed by atoms with Crippen LogP contribution in [0.4, 0.5) is 0 Å². The van der Waals surface area contributed by atoms with Crippen LogP contribution in [-0.2, 0) is 0 Å². The maximum absolute atomic E-state index is 8.10. The molecule has 0 radical (unpaired) electrons. The van der Waals surface area contributed by atoms with Gasteiger partial charge in [-0.25, -0.2) is 0 Å². The first-order valence-corrected chi connectivity index (χ1v) is 15.9. The van der Waals surface area contributed by atoms with Crippen molar-refractivity contribution in [2.24, 2.45) is 0 Å². The fourth-order valence-electron chi connectivity index (χ4n) is 4.76. The molecule has 3 aromatic rings. The van der Waals surface area contributed by atoms with Gasteiger partial charge in [-0.15, -0.1) is 11.1 Å². The van der Waals surface area contributed by atoms with Gasteiger partial charge in [0.1, 0.15) is 0 Å². The molecule has 0 bridgehead atoms. The molecule has 3 rings (SSSR count). The molecule has 0 amide bonds. The third-order valence-corrected chi connectivity index (χ3v) is 12.3. The van der Waals surface area contributed by atoms with Crippen LogP contribution in [0, 0.1) is 13.8 Å². The van der Waals surface area contributed by atoms with Gasteiger partial charge < -0.3 is 0 Å². The van der Waals surface area contributed by atoms with Crippen molar-refractivity contribution in [1.82, 2.24) is 0 Å². The van der Waals surface area contributed by atoms with Crippen molar-refractivity contribution in [3.63, 3.8) is 0 Å². The molecule has 0 spiro atoms. The zero-order valence-corrected chi connectivity index (χ0v) is 24.6. The van der Waals surface area contributed by atoms with Crippen LogP contribution >= 0.6 is 11.1 Å². The monoisotopic (exact) mass is 490 g/mol. The second-order valence-corrected chi connectivity index (χ2v) is 16.2. The van der Waals surface area contributed by atoms with Gasteiger partial charge in [0.05, 0.1) is 0 Å². The van der Waals surface area contributed by atoms with E-state index < -0.39 is 7.38 Å². The first kappa shape index (κ1) is 26.8. The quantitative estimate of drug-likeness (QED) is 0.179. The first-order valence-electron chi connectivity index (χ1n) is 12.9. The summed E-state index contributed by atoms with van der Waals surface area (Å²) in [6.07, 6.45) is 0. The third kappa shape index (κ3) is 5.52. The maximum atomic E-state index is 8.10. The number of benzene rings is 3. The Hall–Kier alpha value is -1.83. The predicted molar refractivity (Wildman–Crippen MR) is 156 cm³/mol. The molecule has 0 aliphatic carbocycles. The second kappa shape index (κ2) is 10.4. The molecule has 0 N–H and O–H groups in total. The minimum absolute atomic E-state index is 0.458. The van der Waals surface area contributed by atoms with E-state index in [1.165, 1.54) is 48.9 Å². The van der Waals surface area contributed by atoms with E-state index in [9.17, 15) is 0 Å². The molecule has 0 atom stereocenters. The highest BCUT2D eigenvalue weighted by Crippen LogP contribution is 2.26. The summed E-state index contributed by atoms with van der Waals surface area (Å²) >= 11 is 8.10. The van der Waals surface area contributed by atoms with Crippen molar-refractivity contribution in [2.75, 3.05) is 0 Å². The van der Waals surface area contributed by atoms with E-state index in [0.717, 1.165) is 0 Å². The normalized spacial score (nSPS) is 12.4. The second-order valence-electron chi connectivity index (χ2n) is 11.4. The summed E-state index contributed by atoms with van der Waals surface area (Å²) < 4.78 is 0. The lowest BCUT2D eigenvalue weighted by Crippen LogP contribution is -2.63. The third-order valence-electron chi connectivity index (χ3n) is 7.04. The van der Waals surface area contributed by atoms with Gasteiger partial charge in [-0.2, -0.15) is 0 Å². The van der Waals surface area contributed by atoms with Gasteiger partial charge in [0.15, 0.2) is 0 Å². The van der Waals surface area contributed by atoms with E-state index in [2.05, 4.69) is 124 Å². The Balaban J connectivity index is 2.45. The van der Waals surface area contributed by atoms with Gasteiger partial charge in [-0.1, -0.05) is 121 Å². The molecule has 0 nitrogen and oxygen atoms in total. The SMILES string of the molecule is Cc1cc(C)cc([Si](Cl)(c2cc(C(C)C)cc(C(C)C)c2)c2cc(C(C)C)cc(C(C)C)c2)c1. The van der Waals surface area contributed by atoms with E-state index in [1.807, 2.05) is 0 Å². The standard InChI is InChI=1S/C32H43ClSi/c1-20(2)26-14-27(21(3)4)17-31(16-26)34(33,30-12-24(9)11-25(10)13-30)32-18-28(22(5)6)15-29(19-32)23(7)8/h11-23H,1-10H3. The van der Waals surface area contributed by atoms with E-state index in [-0.39, 0.29) is 0 Å². The molecule has 0 saturated heterocycles. The van der Waals surface area contributed by atoms with Crippen LogP contribution in [0.5, 0.6) is 0 Å². The summed E-state index contributed by atoms with van der Waals surface area (Å²) in [5.41, 5.74) is 8.08. The molecule has 3 aromatic carbocycles. The molecule has 2 heteroatoms. The summed E-state index contributed by atoms with van der Waals surface area (Å²) in [7, 11) is -2.78. The summed E-state index contributed by atoms with van der Waals surface area (Å²) in [6.45, 7) is 22.7. The molecular formula is C32H43ClSi. The van der Waals surface area contributed by atoms with Crippen molar-refractivity contribution >= 4 is 34.0 Å². The van der Waals surface area contributed by atoms with Gasteiger partial charge in [0.2, 0.25) is 7.38 Å². The minimum atomic E-state index is -2.78. The summed E-state index contributed by atoms with van der Waals surface area (Å²) in [6, 6.07) is 21.3. The molecule has 0 unspecified atom stereocenters. The fourth-order valence-corrected chi connectivity index (χ4v) is 9.06. The van der Waals surface area contributed by atoms with Crippen molar-refractivity contribution < 1.29 is 0 Å². The van der Waals surface area contributed by atoms with E-state index in [0.29, 0.717) is 23.7 Å². The smallest absolute Gasteiger partial charge is 0.149 e. The van der Waals surface area contributed by atoms with Gasteiger partial charge in [0, 0.05) is 0 Å². The molecule has 0 heterocycles. The average molecular weight is 491 g/mol. The van der Waals surface area contributed by atoms with Crippen molar-refractivity contribution in [3.05, 3.63) is 88.0 Å². The van der Waals surface area contributed by atoms with Crippen LogP contribution in [0.3, 0.4) is 0 Å². The molecule has 0 saturated carbocycles. The number of hydrogen-bond acceptors (Lipinski definition) is 0. The van der Waals surface area contributed by atoms with Crippen LogP contribution < -0.4 is 15.6 Å². The summed E-state index contributed by atoms with van der Waals surface area (Å²) in [5, 5.41) is 3.91. The molecule has 0 aliphatic heterocycles. The molecule has 0 fully saturated rings. The Bertz CT molecular complexity index is 1020. The van der Waals surface area contributed by atoms with Crippen LogP contribution in [0.1, 0.15) is 112 Å². The largest absolute Gasteiger partial charge is 0.247 e. The van der Waals surface area contributed by atoms with E-state index in [4.69, 9.17) is 11.1 Å². The van der Waals surface area contributed by atoms with Gasteiger partial charge >= 0.3 is 0 Å². The zero-order valence-electron chi connectivity index (χ0n) is 22.9. The summed E-state index contributed by atoms with van der Waals surface area (Å²) in [4.78, 5) is 0. The fraction of sp³-hybridized carbons (Fsp3) is 0.438. The maximum Gasteiger partial charge on any atom is 0.247 e. The zero-order chi connectivity index (χ0) is 25.4. The Morgan fingerprint density at radius 2 is 0.706 bits per heavy atom. The average Bonchev–Trinajstić information content (AvgIpc) is 2.76. The van der Waals surface area contributed by atoms with Gasteiger partial charge in [0.25, 0.3) is 0 Å². The first-order chi connectivity index (χ1) is 15.8. The number of rotatable bonds is 7. The van der Waals surface area contributed by atoms with Crippen LogP contribution in [0.25, 0.3) is 0 Å². The van der Waals surface area contributed by atoms with E-state index in [1.54, 1.807) is 0 Å². The molecule has 182 valence electrons. The van der Waals surface area contributed by atoms with Gasteiger partial charge in [-0.05, 0) is 75.3 Å². The summed E-state index contributed by atoms with van der Waals surface area (Å²) in [5.74, 6) is 1.83. The molecule has 34 heavy (non-hydrogen) atoms. The molecule has 0 aliphatic rings. The molecule has 0 aromatic heterocycles. The lowest BCUT2D eigenvalue weighted by atomic mass is 9.96. The Kier molecular flexibility index (Phi) is 8.20. The van der Waals surface area contributed by atoms with Gasteiger partial charge in [-0.3, -0.25) is 0 Å². The Labute approximate surface area is 214 Å². The highest BCUT2D eigenvalue weighted by molar-refractivity contribution is 7.40. The van der Waals surface area contributed by atoms with E-state index >= 15 is 0 Å².